The Morgan fingerprint density at radius 3 is 2.28 bits per heavy atom. The monoisotopic (exact) mass is 400 g/mol. The molecule has 4 aliphatic rings. The molecule has 0 saturated heterocycles. The molecule has 29 heavy (non-hydrogen) atoms. The van der Waals surface area contributed by atoms with Gasteiger partial charge in [0.2, 0.25) is 0 Å². The summed E-state index contributed by atoms with van der Waals surface area (Å²) in [5.41, 5.74) is 1.34. The van der Waals surface area contributed by atoms with Gasteiger partial charge in [0, 0.05) is 0 Å². The molecule has 0 aromatic rings. The zero-order valence-corrected chi connectivity index (χ0v) is 20.8. The summed E-state index contributed by atoms with van der Waals surface area (Å²) < 4.78 is 0. The van der Waals surface area contributed by atoms with Crippen molar-refractivity contribution in [3.63, 3.8) is 0 Å². The van der Waals surface area contributed by atoms with Crippen molar-refractivity contribution in [2.75, 3.05) is 0 Å². The normalized spacial score (nSPS) is 48.5. The van der Waals surface area contributed by atoms with E-state index in [1.165, 1.54) is 44.9 Å². The molecule has 0 aromatic carbocycles. The first kappa shape index (κ1) is 22.2. The summed E-state index contributed by atoms with van der Waals surface area (Å²) in [5, 5.41) is 0. The first-order valence-corrected chi connectivity index (χ1v) is 13.8. The van der Waals surface area contributed by atoms with Gasteiger partial charge in [-0.25, -0.2) is 0 Å². The van der Waals surface area contributed by atoms with Gasteiger partial charge in [-0.2, -0.15) is 0 Å². The third kappa shape index (κ3) is 3.98. The zero-order valence-electron chi connectivity index (χ0n) is 20.8. The van der Waals surface area contributed by atoms with Crippen LogP contribution in [0.25, 0.3) is 0 Å². The highest BCUT2D eigenvalue weighted by atomic mass is 14.6. The lowest BCUT2D eigenvalue weighted by atomic mass is 9.41. The van der Waals surface area contributed by atoms with Crippen LogP contribution in [0.1, 0.15) is 125 Å². The van der Waals surface area contributed by atoms with E-state index < -0.39 is 0 Å². The summed E-state index contributed by atoms with van der Waals surface area (Å²) in [6.07, 6.45) is 19.8. The van der Waals surface area contributed by atoms with Crippen molar-refractivity contribution >= 4 is 0 Å². The molecule has 168 valence electrons. The van der Waals surface area contributed by atoms with Crippen molar-refractivity contribution in [2.24, 2.45) is 58.2 Å². The first-order valence-electron chi connectivity index (χ1n) is 13.8. The third-order valence-electron chi connectivity index (χ3n) is 11.4. The molecule has 4 rings (SSSR count). The van der Waals surface area contributed by atoms with Gasteiger partial charge in [0.15, 0.2) is 0 Å². The lowest BCUT2D eigenvalue weighted by Gasteiger charge is -2.64. The molecule has 0 radical (unpaired) electrons. The highest BCUT2D eigenvalue weighted by Gasteiger charge is 2.59. The van der Waals surface area contributed by atoms with Crippen LogP contribution >= 0.6 is 0 Å². The highest BCUT2D eigenvalue weighted by Crippen LogP contribution is 2.67. The van der Waals surface area contributed by atoms with Crippen LogP contribution in [-0.2, 0) is 0 Å². The predicted molar refractivity (Wildman–Crippen MR) is 127 cm³/mol. The summed E-state index contributed by atoms with van der Waals surface area (Å²) in [4.78, 5) is 0. The van der Waals surface area contributed by atoms with Crippen LogP contribution in [0.5, 0.6) is 0 Å². The maximum atomic E-state index is 2.77. The fourth-order valence-corrected chi connectivity index (χ4v) is 9.70. The Bertz CT molecular complexity index is 548. The predicted octanol–water partition coefficient (Wildman–Crippen LogP) is 9.13. The fourth-order valence-electron chi connectivity index (χ4n) is 9.70. The molecule has 9 unspecified atom stereocenters. The average Bonchev–Trinajstić information content (AvgIpc) is 2.67. The topological polar surface area (TPSA) is 0 Å². The smallest absolute Gasteiger partial charge is 0.0264 e. The Hall–Kier alpha value is 0. The Labute approximate surface area is 183 Å². The van der Waals surface area contributed by atoms with E-state index in [0.29, 0.717) is 10.8 Å². The minimum absolute atomic E-state index is 0.655. The van der Waals surface area contributed by atoms with E-state index in [9.17, 15) is 0 Å². The van der Waals surface area contributed by atoms with Crippen LogP contribution in [0.15, 0.2) is 0 Å². The maximum absolute atomic E-state index is 2.77. The lowest BCUT2D eigenvalue weighted by Crippen LogP contribution is -2.56. The number of rotatable bonds is 5. The van der Waals surface area contributed by atoms with Crippen LogP contribution in [0, 0.1) is 58.2 Å². The van der Waals surface area contributed by atoms with Gasteiger partial charge in [-0.05, 0) is 110 Å². The van der Waals surface area contributed by atoms with Crippen molar-refractivity contribution < 1.29 is 0 Å². The Morgan fingerprint density at radius 1 is 0.793 bits per heavy atom. The molecule has 0 N–H and O–H groups in total. The number of fused-ring (bicyclic) bond motifs is 5. The van der Waals surface area contributed by atoms with Gasteiger partial charge in [0.05, 0.1) is 0 Å². The Kier molecular flexibility index (Phi) is 6.51. The van der Waals surface area contributed by atoms with Gasteiger partial charge in [-0.15, -0.1) is 0 Å². The second-order valence-corrected chi connectivity index (χ2v) is 13.4. The molecule has 0 spiro atoms. The van der Waals surface area contributed by atoms with Crippen molar-refractivity contribution in [1.82, 2.24) is 0 Å². The molecule has 0 aromatic heterocycles. The molecule has 0 heterocycles. The molecule has 0 bridgehead atoms. The number of hydrogen-bond donors (Lipinski definition) is 0. The van der Waals surface area contributed by atoms with Crippen LogP contribution in [0.4, 0.5) is 0 Å². The summed E-state index contributed by atoms with van der Waals surface area (Å²) in [5.74, 6) is 8.03. The Morgan fingerprint density at radius 2 is 1.52 bits per heavy atom. The van der Waals surface area contributed by atoms with E-state index in [1.807, 2.05) is 0 Å². The highest BCUT2D eigenvalue weighted by molar-refractivity contribution is 5.08. The van der Waals surface area contributed by atoms with E-state index in [4.69, 9.17) is 0 Å². The molecule has 0 heteroatoms. The van der Waals surface area contributed by atoms with Gasteiger partial charge in [-0.1, -0.05) is 73.6 Å². The minimum Gasteiger partial charge on any atom is -0.0628 e. The van der Waals surface area contributed by atoms with E-state index in [-0.39, 0.29) is 0 Å². The van der Waals surface area contributed by atoms with Gasteiger partial charge in [0.25, 0.3) is 0 Å². The molecule has 0 amide bonds. The van der Waals surface area contributed by atoms with Gasteiger partial charge in [0.1, 0.15) is 0 Å². The molecule has 0 aliphatic heterocycles. The fraction of sp³-hybridized carbons (Fsp3) is 1.00. The quantitative estimate of drug-likeness (QED) is 0.431. The molecular weight excluding hydrogens is 348 g/mol. The second kappa shape index (κ2) is 8.50. The second-order valence-electron chi connectivity index (χ2n) is 13.4. The zero-order chi connectivity index (χ0) is 20.8. The standard InChI is InChI=1S/C29H52/c1-20(2)9-7-10-22(4)25-11-8-12-26-24-14-13-23-19-21(3)15-17-28(23,5)27(24)16-18-29(25,26)6/h20-27H,7-19H2,1-6H3. The van der Waals surface area contributed by atoms with E-state index in [2.05, 4.69) is 41.5 Å². The minimum atomic E-state index is 0.655. The van der Waals surface area contributed by atoms with Crippen molar-refractivity contribution in [3.8, 4) is 0 Å². The van der Waals surface area contributed by atoms with E-state index in [0.717, 1.165) is 47.3 Å². The lowest BCUT2D eigenvalue weighted by molar-refractivity contribution is -0.151. The average molecular weight is 401 g/mol. The molecule has 9 atom stereocenters. The van der Waals surface area contributed by atoms with E-state index in [1.54, 1.807) is 38.5 Å². The summed E-state index contributed by atoms with van der Waals surface area (Å²) in [7, 11) is 0. The molecule has 4 aliphatic carbocycles. The van der Waals surface area contributed by atoms with Crippen molar-refractivity contribution in [3.05, 3.63) is 0 Å². The SMILES string of the molecule is CC(C)CCCC(C)C1CCCC2C3CCC4CC(C)CCC4(C)C3CCC12C. The molecule has 4 fully saturated rings. The van der Waals surface area contributed by atoms with Gasteiger partial charge >= 0.3 is 0 Å². The van der Waals surface area contributed by atoms with Gasteiger partial charge < -0.3 is 0 Å². The maximum Gasteiger partial charge on any atom is -0.0264 e. The van der Waals surface area contributed by atoms with Crippen molar-refractivity contribution in [2.45, 2.75) is 125 Å². The van der Waals surface area contributed by atoms with Crippen molar-refractivity contribution in [1.29, 1.82) is 0 Å². The van der Waals surface area contributed by atoms with Crippen LogP contribution in [0.2, 0.25) is 0 Å². The molecule has 0 nitrogen and oxygen atoms in total. The summed E-state index contributed by atoms with van der Waals surface area (Å²) in [6.45, 7) is 15.5. The van der Waals surface area contributed by atoms with Gasteiger partial charge in [-0.3, -0.25) is 0 Å². The van der Waals surface area contributed by atoms with Crippen LogP contribution in [0.3, 0.4) is 0 Å². The largest absolute Gasteiger partial charge is 0.0628 e. The third-order valence-corrected chi connectivity index (χ3v) is 11.4. The van der Waals surface area contributed by atoms with E-state index >= 15 is 0 Å². The summed E-state index contributed by atoms with van der Waals surface area (Å²) in [6, 6.07) is 0. The number of hydrogen-bond acceptors (Lipinski definition) is 0. The van der Waals surface area contributed by atoms with Crippen LogP contribution < -0.4 is 0 Å². The summed E-state index contributed by atoms with van der Waals surface area (Å²) >= 11 is 0. The first-order chi connectivity index (χ1) is 13.8. The Balaban J connectivity index is 1.49. The van der Waals surface area contributed by atoms with Crippen LogP contribution in [-0.4, -0.2) is 0 Å². The molecule has 4 saturated carbocycles. The molecular formula is C29H52.